The molecule has 0 N–H and O–H groups in total. The van der Waals surface area contributed by atoms with Gasteiger partial charge in [-0.05, 0) is 41.9 Å². The average Bonchev–Trinajstić information content (AvgIpc) is 2.72. The minimum absolute atomic E-state index is 0. The molecule has 0 atom stereocenters. The zero-order chi connectivity index (χ0) is 20.0. The highest BCUT2D eigenvalue weighted by atomic mass is 127. The summed E-state index contributed by atoms with van der Waals surface area (Å²) in [5.74, 6) is 1.04. The fourth-order valence-corrected chi connectivity index (χ4v) is 3.53. The molecule has 1 heterocycles. The lowest BCUT2D eigenvalue weighted by molar-refractivity contribution is -0.671. The molecule has 0 amide bonds. The Labute approximate surface area is 200 Å². The molecule has 0 saturated heterocycles. The van der Waals surface area contributed by atoms with E-state index in [4.69, 9.17) is 0 Å². The van der Waals surface area contributed by atoms with Crippen LogP contribution in [0.4, 0.5) is 5.69 Å². The molecule has 2 nitrogen and oxygen atoms in total. The predicted octanol–water partition coefficient (Wildman–Crippen LogP) is 3.17. The molecule has 0 bridgehead atoms. The fraction of sp³-hybridized carbons (Fsp3) is 0.480. The highest BCUT2D eigenvalue weighted by Crippen LogP contribution is 2.17. The van der Waals surface area contributed by atoms with Crippen LogP contribution in [-0.4, -0.2) is 19.3 Å². The van der Waals surface area contributed by atoms with Crippen molar-refractivity contribution >= 4 is 30.5 Å². The smallest absolute Gasteiger partial charge is 0.169 e. The number of halogens is 1. The van der Waals surface area contributed by atoms with Crippen LogP contribution in [0.5, 0.6) is 0 Å². The summed E-state index contributed by atoms with van der Waals surface area (Å²) in [5.41, 5.74) is 3.76. The number of rotatable bonds is 13. The van der Waals surface area contributed by atoms with Gasteiger partial charge in [-0.15, -0.1) is 0 Å². The molecule has 0 spiro atoms. The Hall–Kier alpha value is -1.01. The van der Waals surface area contributed by atoms with E-state index in [-0.39, 0.29) is 24.0 Å². The molecule has 1 aromatic carbocycles. The second-order valence-electron chi connectivity index (χ2n) is 7.70. The lowest BCUT2D eigenvalue weighted by Gasteiger charge is -2.19. The summed E-state index contributed by atoms with van der Waals surface area (Å²) in [6.07, 6.45) is 19.2. The van der Waals surface area contributed by atoms with Gasteiger partial charge < -0.3 is 28.9 Å². The fourth-order valence-electron chi connectivity index (χ4n) is 3.31. The number of aryl methyl sites for hydroxylation is 1. The van der Waals surface area contributed by atoms with Gasteiger partial charge in [-0.1, -0.05) is 62.8 Å². The molecule has 1 aromatic heterocycles. The number of anilines is 1. The summed E-state index contributed by atoms with van der Waals surface area (Å²) < 4.78 is 2.05. The molecule has 2 rings (SSSR count). The first kappa shape index (κ1) is 26.0. The number of nitrogens with zero attached hydrogens (tertiary/aromatic N) is 2. The largest absolute Gasteiger partial charge is 1.00 e. The van der Waals surface area contributed by atoms with E-state index in [1.54, 1.807) is 0 Å². The maximum absolute atomic E-state index is 4.27. The van der Waals surface area contributed by atoms with Crippen LogP contribution in [0.3, 0.4) is 0 Å². The maximum Gasteiger partial charge on any atom is 0.169 e. The minimum atomic E-state index is 0. The second-order valence-corrected chi connectivity index (χ2v) is 8.14. The minimum Gasteiger partial charge on any atom is -1.00 e. The van der Waals surface area contributed by atoms with Gasteiger partial charge in [0.1, 0.15) is 7.05 Å². The topological polar surface area (TPSA) is 7.12 Å². The van der Waals surface area contributed by atoms with E-state index in [0.717, 1.165) is 12.3 Å². The summed E-state index contributed by atoms with van der Waals surface area (Å²) in [5, 5.41) is 0. The first-order valence-corrected chi connectivity index (χ1v) is 11.4. The van der Waals surface area contributed by atoms with E-state index in [9.17, 15) is 0 Å². The number of hydrogen-bond acceptors (Lipinski definition) is 2. The Morgan fingerprint density at radius 3 is 1.79 bits per heavy atom. The Morgan fingerprint density at radius 1 is 0.759 bits per heavy atom. The average molecular weight is 525 g/mol. The van der Waals surface area contributed by atoms with Gasteiger partial charge in [0.25, 0.3) is 0 Å². The summed E-state index contributed by atoms with van der Waals surface area (Å²) in [7, 11) is 4.24. The van der Waals surface area contributed by atoms with Gasteiger partial charge in [-0.3, -0.25) is 0 Å². The number of aromatic nitrogens is 1. The monoisotopic (exact) mass is 524 g/mol. The molecule has 0 unspecified atom stereocenters. The SMILES string of the molecule is CN(CCCCCCCCCCS)c1ccc(/C=C/c2cc[n+](C)cc2)cc1.[I-]. The molecule has 160 valence electrons. The molecule has 29 heavy (non-hydrogen) atoms. The molecule has 0 fully saturated rings. The predicted molar refractivity (Wildman–Crippen MR) is 127 cm³/mol. The molecule has 0 saturated carbocycles. The third-order valence-electron chi connectivity index (χ3n) is 5.21. The van der Waals surface area contributed by atoms with Crippen LogP contribution in [0.15, 0.2) is 48.8 Å². The molecular formula is C25H37IN2S. The van der Waals surface area contributed by atoms with Crippen molar-refractivity contribution in [3.05, 3.63) is 59.9 Å². The van der Waals surface area contributed by atoms with Crippen LogP contribution in [-0.2, 0) is 7.05 Å². The van der Waals surface area contributed by atoms with E-state index in [1.807, 2.05) is 11.6 Å². The Bertz CT molecular complexity index is 683. The van der Waals surface area contributed by atoms with Crippen molar-refractivity contribution in [1.29, 1.82) is 0 Å². The highest BCUT2D eigenvalue weighted by Gasteiger charge is 2.01. The normalized spacial score (nSPS) is 10.9. The summed E-state index contributed by atoms with van der Waals surface area (Å²) in [4.78, 5) is 2.37. The summed E-state index contributed by atoms with van der Waals surface area (Å²) in [6, 6.07) is 13.1. The molecule has 4 heteroatoms. The quantitative estimate of drug-likeness (QED) is 0.183. The van der Waals surface area contributed by atoms with Crippen LogP contribution < -0.4 is 33.4 Å². The molecule has 0 aliphatic heterocycles. The lowest BCUT2D eigenvalue weighted by Crippen LogP contribution is -3.00. The maximum atomic E-state index is 4.27. The van der Waals surface area contributed by atoms with Crippen molar-refractivity contribution in [3.8, 4) is 0 Å². The van der Waals surface area contributed by atoms with E-state index in [0.29, 0.717) is 0 Å². The van der Waals surface area contributed by atoms with Crippen molar-refractivity contribution in [2.45, 2.75) is 51.4 Å². The van der Waals surface area contributed by atoms with Crippen LogP contribution in [0, 0.1) is 0 Å². The molecular weight excluding hydrogens is 487 g/mol. The van der Waals surface area contributed by atoms with Gasteiger partial charge in [0.05, 0.1) is 0 Å². The van der Waals surface area contributed by atoms with E-state index in [1.165, 1.54) is 68.2 Å². The zero-order valence-electron chi connectivity index (χ0n) is 18.1. The first-order valence-electron chi connectivity index (χ1n) is 10.7. The van der Waals surface area contributed by atoms with Crippen molar-refractivity contribution < 1.29 is 28.5 Å². The highest BCUT2D eigenvalue weighted by molar-refractivity contribution is 7.80. The van der Waals surface area contributed by atoms with Gasteiger partial charge >= 0.3 is 0 Å². The van der Waals surface area contributed by atoms with Gasteiger partial charge in [0.2, 0.25) is 0 Å². The van der Waals surface area contributed by atoms with Crippen LogP contribution in [0.2, 0.25) is 0 Å². The standard InChI is InChI=1S/C25H36N2S.HI/c1-26-20-17-24(18-21-26)12-11-23-13-15-25(16-14-23)27(2)19-9-7-5-3-4-6-8-10-22-28;/h11-18,20-21H,3-10,19,22H2,1-2H3;1H. The third kappa shape index (κ3) is 11.1. The molecule has 0 aliphatic rings. The van der Waals surface area contributed by atoms with Crippen molar-refractivity contribution in [3.63, 3.8) is 0 Å². The number of benzene rings is 1. The number of thiol groups is 1. The Balaban J connectivity index is 0.00000420. The second kappa shape index (κ2) is 15.8. The van der Waals surface area contributed by atoms with Crippen molar-refractivity contribution in [1.82, 2.24) is 0 Å². The van der Waals surface area contributed by atoms with E-state index >= 15 is 0 Å². The lowest BCUT2D eigenvalue weighted by atomic mass is 10.1. The van der Waals surface area contributed by atoms with Crippen LogP contribution in [0.1, 0.15) is 62.5 Å². The Kier molecular flexibility index (Phi) is 14.2. The number of hydrogen-bond donors (Lipinski definition) is 1. The van der Waals surface area contributed by atoms with Crippen LogP contribution >= 0.6 is 12.6 Å². The number of unbranched alkanes of at least 4 members (excludes halogenated alkanes) is 7. The van der Waals surface area contributed by atoms with E-state index < -0.39 is 0 Å². The zero-order valence-corrected chi connectivity index (χ0v) is 21.1. The molecule has 2 aromatic rings. The Morgan fingerprint density at radius 2 is 1.24 bits per heavy atom. The summed E-state index contributed by atoms with van der Waals surface area (Å²) >= 11 is 4.27. The van der Waals surface area contributed by atoms with E-state index in [2.05, 4.69) is 85.5 Å². The van der Waals surface area contributed by atoms with Gasteiger partial charge in [0, 0.05) is 31.4 Å². The number of pyridine rings is 1. The van der Waals surface area contributed by atoms with Crippen molar-refractivity contribution in [2.24, 2.45) is 7.05 Å². The van der Waals surface area contributed by atoms with Gasteiger partial charge in [0.15, 0.2) is 12.4 Å². The van der Waals surface area contributed by atoms with Crippen molar-refractivity contribution in [2.75, 3.05) is 24.2 Å². The molecule has 0 aliphatic carbocycles. The van der Waals surface area contributed by atoms with Crippen LogP contribution in [0.25, 0.3) is 12.2 Å². The molecule has 0 radical (unpaired) electrons. The first-order chi connectivity index (χ1) is 13.7. The third-order valence-corrected chi connectivity index (χ3v) is 5.52. The van der Waals surface area contributed by atoms with Gasteiger partial charge in [-0.2, -0.15) is 12.6 Å². The summed E-state index contributed by atoms with van der Waals surface area (Å²) in [6.45, 7) is 1.13. The van der Waals surface area contributed by atoms with Gasteiger partial charge in [-0.25, -0.2) is 4.57 Å².